The van der Waals surface area contributed by atoms with E-state index in [2.05, 4.69) is 10.1 Å². The second-order valence-corrected chi connectivity index (χ2v) is 8.84. The first-order valence-corrected chi connectivity index (χ1v) is 11.8. The van der Waals surface area contributed by atoms with E-state index >= 15 is 4.39 Å². The molecule has 33 heavy (non-hydrogen) atoms. The lowest BCUT2D eigenvalue weighted by molar-refractivity contribution is -0.260. The second-order valence-electron chi connectivity index (χ2n) is 7.81. The standard InChI is InChI=1S/C19H29F2N4O7P/c1-12(17(27)31-14-6-4-3-5-7-14)24-33(29)30-11-19(21,13(2)26)32-16(10-20)25-9-8-15(22)23-18(25)28/h8-9,12-14,16,26H,3-7,10-11H2,1-2H3,(H2-,22,23,24,28,29)/p+1/t12-,13-,16+,19+/m0/s1. The maximum atomic E-state index is 15.2. The average Bonchev–Trinajstić information content (AvgIpc) is 2.77. The lowest BCUT2D eigenvalue weighted by Crippen LogP contribution is -2.46. The van der Waals surface area contributed by atoms with Gasteiger partial charge in [-0.1, -0.05) is 11.5 Å². The highest BCUT2D eigenvalue weighted by Gasteiger charge is 2.44. The highest BCUT2D eigenvalue weighted by atomic mass is 31.1. The second kappa shape index (κ2) is 12.4. The van der Waals surface area contributed by atoms with E-state index in [-0.39, 0.29) is 11.9 Å². The van der Waals surface area contributed by atoms with Crippen molar-refractivity contribution in [3.63, 3.8) is 0 Å². The molecule has 0 spiro atoms. The summed E-state index contributed by atoms with van der Waals surface area (Å²) in [5.41, 5.74) is 4.38. The van der Waals surface area contributed by atoms with Gasteiger partial charge in [-0.2, -0.15) is 4.98 Å². The van der Waals surface area contributed by atoms with Gasteiger partial charge in [0.05, 0.1) is 0 Å². The van der Waals surface area contributed by atoms with E-state index in [9.17, 15) is 23.7 Å². The van der Waals surface area contributed by atoms with Gasteiger partial charge in [0.1, 0.15) is 30.7 Å². The summed E-state index contributed by atoms with van der Waals surface area (Å²) >= 11 is 0. The smallest absolute Gasteiger partial charge is 0.461 e. The Labute approximate surface area is 190 Å². The van der Waals surface area contributed by atoms with Gasteiger partial charge in [-0.05, 0) is 50.2 Å². The number of esters is 1. The van der Waals surface area contributed by atoms with Crippen LogP contribution in [0.1, 0.15) is 52.2 Å². The molecule has 1 aromatic heterocycles. The molecule has 0 radical (unpaired) electrons. The molecular formula is C19H30F2N4O7P+. The predicted molar refractivity (Wildman–Crippen MR) is 114 cm³/mol. The fourth-order valence-electron chi connectivity index (χ4n) is 3.13. The molecule has 1 heterocycles. The van der Waals surface area contributed by atoms with E-state index in [4.69, 9.17) is 19.7 Å². The molecule has 1 unspecified atom stereocenters. The monoisotopic (exact) mass is 495 g/mol. The first-order valence-electron chi connectivity index (χ1n) is 10.6. The van der Waals surface area contributed by atoms with Crippen LogP contribution in [0, 0.1) is 0 Å². The summed E-state index contributed by atoms with van der Waals surface area (Å²) in [5.74, 6) is -3.80. The molecule has 4 N–H and O–H groups in total. The predicted octanol–water partition coefficient (Wildman–Crippen LogP) is 1.88. The quantitative estimate of drug-likeness (QED) is 0.289. The van der Waals surface area contributed by atoms with E-state index in [1.54, 1.807) is 0 Å². The Morgan fingerprint density at radius 3 is 2.67 bits per heavy atom. The van der Waals surface area contributed by atoms with Gasteiger partial charge in [-0.25, -0.2) is 13.6 Å². The van der Waals surface area contributed by atoms with Crippen molar-refractivity contribution in [3.05, 3.63) is 22.7 Å². The zero-order valence-electron chi connectivity index (χ0n) is 18.5. The third-order valence-electron chi connectivity index (χ3n) is 5.12. The molecule has 11 nitrogen and oxygen atoms in total. The van der Waals surface area contributed by atoms with Crippen LogP contribution in [0.25, 0.3) is 0 Å². The van der Waals surface area contributed by atoms with Crippen molar-refractivity contribution >= 4 is 20.0 Å². The first kappa shape index (κ1) is 27.2. The number of halogens is 2. The van der Waals surface area contributed by atoms with Crippen molar-refractivity contribution in [2.75, 3.05) is 19.0 Å². The zero-order chi connectivity index (χ0) is 24.6. The Balaban J connectivity index is 1.94. The van der Waals surface area contributed by atoms with Crippen molar-refractivity contribution in [2.45, 2.75) is 76.3 Å². The minimum Gasteiger partial charge on any atom is -0.461 e. The number of aromatic nitrogens is 2. The Bertz CT molecular complexity index is 869. The highest BCUT2D eigenvalue weighted by molar-refractivity contribution is 7.36. The fraction of sp³-hybridized carbons (Fsp3) is 0.737. The number of nitrogens with zero attached hydrogens (tertiary/aromatic N) is 2. The van der Waals surface area contributed by atoms with Gasteiger partial charge < -0.3 is 20.3 Å². The summed E-state index contributed by atoms with van der Waals surface area (Å²) in [6.07, 6.45) is 1.75. The number of anilines is 1. The van der Waals surface area contributed by atoms with Crippen LogP contribution in [0.5, 0.6) is 0 Å². The van der Waals surface area contributed by atoms with Crippen LogP contribution in [0.4, 0.5) is 14.6 Å². The summed E-state index contributed by atoms with van der Waals surface area (Å²) in [6, 6.07) is 0.177. The number of aliphatic hydroxyl groups is 1. The molecule has 2 rings (SSSR count). The minimum absolute atomic E-state index is 0.126. The first-order chi connectivity index (χ1) is 15.6. The number of hydrogen-bond acceptors (Lipinski definition) is 9. The highest BCUT2D eigenvalue weighted by Crippen LogP contribution is 2.30. The van der Waals surface area contributed by atoms with E-state index in [0.717, 1.165) is 45.2 Å². The third kappa shape index (κ3) is 8.04. The van der Waals surface area contributed by atoms with Crippen LogP contribution >= 0.6 is 8.18 Å². The Morgan fingerprint density at radius 1 is 1.42 bits per heavy atom. The van der Waals surface area contributed by atoms with E-state index in [0.29, 0.717) is 4.57 Å². The van der Waals surface area contributed by atoms with E-state index < -0.39 is 57.3 Å². The maximum absolute atomic E-state index is 15.2. The molecule has 0 amide bonds. The number of carbonyl (C=O) groups is 1. The maximum Gasteiger partial charge on any atom is 0.614 e. The van der Waals surface area contributed by atoms with Crippen LogP contribution in [-0.2, 0) is 23.4 Å². The minimum atomic E-state index is -3.05. The molecule has 1 saturated carbocycles. The van der Waals surface area contributed by atoms with Crippen LogP contribution in [-0.4, -0.2) is 58.0 Å². The number of rotatable bonds is 12. The molecule has 1 aliphatic carbocycles. The number of nitrogen functional groups attached to an aromatic ring is 1. The Kier molecular flexibility index (Phi) is 10.2. The normalized spacial score (nSPS) is 19.8. The molecule has 5 atom stereocenters. The van der Waals surface area contributed by atoms with Crippen molar-refractivity contribution < 1.29 is 37.2 Å². The lowest BCUT2D eigenvalue weighted by atomic mass is 9.98. The van der Waals surface area contributed by atoms with Gasteiger partial charge in [0.25, 0.3) is 5.85 Å². The number of aliphatic hydroxyl groups excluding tert-OH is 1. The van der Waals surface area contributed by atoms with Gasteiger partial charge in [-0.15, -0.1) is 4.52 Å². The van der Waals surface area contributed by atoms with Crippen LogP contribution < -0.4 is 16.5 Å². The van der Waals surface area contributed by atoms with Gasteiger partial charge in [0.15, 0.2) is 12.8 Å². The number of hydrogen-bond donors (Lipinski definition) is 3. The fourth-order valence-corrected chi connectivity index (χ4v) is 3.92. The summed E-state index contributed by atoms with van der Waals surface area (Å²) in [6.45, 7) is -0.0220. The summed E-state index contributed by atoms with van der Waals surface area (Å²) in [5, 5.41) is 12.2. The topological polar surface area (TPSA) is 155 Å². The van der Waals surface area contributed by atoms with E-state index in [1.165, 1.54) is 13.0 Å². The molecule has 0 bridgehead atoms. The van der Waals surface area contributed by atoms with Crippen molar-refractivity contribution in [1.29, 1.82) is 0 Å². The summed E-state index contributed by atoms with van der Waals surface area (Å²) < 4.78 is 56.8. The van der Waals surface area contributed by atoms with Crippen LogP contribution in [0.15, 0.2) is 17.1 Å². The molecule has 1 fully saturated rings. The molecule has 0 aromatic carbocycles. The molecule has 14 heteroatoms. The molecular weight excluding hydrogens is 465 g/mol. The molecule has 1 aromatic rings. The van der Waals surface area contributed by atoms with Crippen LogP contribution in [0.2, 0.25) is 0 Å². The van der Waals surface area contributed by atoms with Gasteiger partial charge in [0.2, 0.25) is 0 Å². The number of carbonyl (C=O) groups excluding carboxylic acids is 1. The Hall–Kier alpha value is -2.05. The lowest BCUT2D eigenvalue weighted by Gasteiger charge is -2.30. The molecule has 1 aliphatic rings. The van der Waals surface area contributed by atoms with Crippen molar-refractivity contribution in [2.24, 2.45) is 0 Å². The van der Waals surface area contributed by atoms with Crippen LogP contribution in [0.3, 0.4) is 0 Å². The molecule has 186 valence electrons. The number of ether oxygens (including phenoxy) is 2. The molecule has 0 aliphatic heterocycles. The SMILES string of the molecule is C[C@H](N[P+](=O)OC[C@@](F)(O[C@H](CF)n1ccc(N)nc1=O)[C@H](C)O)C(=O)OC1CCCCC1. The third-order valence-corrected chi connectivity index (χ3v) is 6.08. The van der Waals surface area contributed by atoms with E-state index in [1.807, 2.05) is 0 Å². The number of alkyl halides is 2. The van der Waals surface area contributed by atoms with Crippen molar-refractivity contribution in [1.82, 2.24) is 14.6 Å². The summed E-state index contributed by atoms with van der Waals surface area (Å²) in [7, 11) is -2.78. The summed E-state index contributed by atoms with van der Waals surface area (Å²) in [4.78, 5) is 27.5. The van der Waals surface area contributed by atoms with Crippen molar-refractivity contribution in [3.8, 4) is 0 Å². The van der Waals surface area contributed by atoms with Gasteiger partial charge in [0, 0.05) is 6.20 Å². The molecule has 0 saturated heterocycles. The largest absolute Gasteiger partial charge is 0.614 e. The number of nitrogens with one attached hydrogen (secondary N) is 1. The average molecular weight is 495 g/mol. The Morgan fingerprint density at radius 2 is 2.09 bits per heavy atom. The van der Waals surface area contributed by atoms with Gasteiger partial charge in [-0.3, -0.25) is 9.36 Å². The zero-order valence-corrected chi connectivity index (χ0v) is 19.4. The number of nitrogens with two attached hydrogens (primary N) is 1. The van der Waals surface area contributed by atoms with Gasteiger partial charge >= 0.3 is 19.8 Å².